The van der Waals surface area contributed by atoms with Crippen LogP contribution in [0.2, 0.25) is 0 Å². The molecule has 0 N–H and O–H groups in total. The van der Waals surface area contributed by atoms with E-state index in [1.54, 1.807) is 0 Å². The van der Waals surface area contributed by atoms with Gasteiger partial charge in [0.15, 0.2) is 0 Å². The van der Waals surface area contributed by atoms with E-state index in [0.717, 1.165) is 19.3 Å². The fraction of sp³-hybridized carbons (Fsp3) is 0.857. The standard InChI is InChI=1S/C14H20O3/c1-3-7(2)14(16)17-13-8-4-9-10(5-8)12(15)6-11(9)13/h7-11,13H,3-6H2,1-2H3. The first-order valence-corrected chi connectivity index (χ1v) is 6.85. The summed E-state index contributed by atoms with van der Waals surface area (Å²) in [6, 6.07) is 0. The minimum Gasteiger partial charge on any atom is -0.462 e. The third kappa shape index (κ3) is 1.54. The molecular formula is C14H20O3. The van der Waals surface area contributed by atoms with Gasteiger partial charge < -0.3 is 4.74 Å². The summed E-state index contributed by atoms with van der Waals surface area (Å²) >= 11 is 0. The first kappa shape index (κ1) is 11.2. The van der Waals surface area contributed by atoms with Gasteiger partial charge in [-0.15, -0.1) is 0 Å². The quantitative estimate of drug-likeness (QED) is 0.705. The van der Waals surface area contributed by atoms with E-state index in [4.69, 9.17) is 4.74 Å². The van der Waals surface area contributed by atoms with Crippen LogP contribution in [0.4, 0.5) is 0 Å². The highest BCUT2D eigenvalue weighted by atomic mass is 16.5. The summed E-state index contributed by atoms with van der Waals surface area (Å²) < 4.78 is 5.69. The molecule has 6 atom stereocenters. The maximum Gasteiger partial charge on any atom is 0.308 e. The van der Waals surface area contributed by atoms with Crippen molar-refractivity contribution in [2.45, 2.75) is 45.6 Å². The lowest BCUT2D eigenvalue weighted by Gasteiger charge is -2.28. The normalized spacial score (nSPS) is 44.1. The molecule has 0 saturated heterocycles. The summed E-state index contributed by atoms with van der Waals surface area (Å²) in [4.78, 5) is 23.6. The number of ether oxygens (including phenoxy) is 1. The van der Waals surface area contributed by atoms with Crippen LogP contribution in [0.25, 0.3) is 0 Å². The molecule has 0 amide bonds. The van der Waals surface area contributed by atoms with Crippen LogP contribution in [0.5, 0.6) is 0 Å². The molecule has 3 aliphatic rings. The summed E-state index contributed by atoms with van der Waals surface area (Å²) in [6.07, 6.45) is 3.61. The van der Waals surface area contributed by atoms with Crippen LogP contribution >= 0.6 is 0 Å². The Morgan fingerprint density at radius 1 is 1.41 bits per heavy atom. The van der Waals surface area contributed by atoms with E-state index in [2.05, 4.69) is 0 Å². The molecule has 2 bridgehead atoms. The summed E-state index contributed by atoms with van der Waals surface area (Å²) in [5.74, 6) is 1.99. The van der Waals surface area contributed by atoms with Crippen LogP contribution in [0.1, 0.15) is 39.5 Å². The molecule has 3 heteroatoms. The van der Waals surface area contributed by atoms with Crippen molar-refractivity contribution >= 4 is 11.8 Å². The number of ketones is 1. The Morgan fingerprint density at radius 3 is 2.88 bits per heavy atom. The van der Waals surface area contributed by atoms with Crippen molar-refractivity contribution in [2.75, 3.05) is 0 Å². The van der Waals surface area contributed by atoms with Gasteiger partial charge in [0.2, 0.25) is 0 Å². The number of rotatable bonds is 3. The number of carbonyl (C=O) groups is 2. The molecule has 3 saturated carbocycles. The summed E-state index contributed by atoms with van der Waals surface area (Å²) in [6.45, 7) is 3.92. The van der Waals surface area contributed by atoms with Gasteiger partial charge >= 0.3 is 5.97 Å². The molecule has 0 spiro atoms. The van der Waals surface area contributed by atoms with Crippen molar-refractivity contribution < 1.29 is 14.3 Å². The molecule has 0 aromatic rings. The molecule has 3 nitrogen and oxygen atoms in total. The maximum atomic E-state index is 11.9. The van der Waals surface area contributed by atoms with Gasteiger partial charge in [-0.3, -0.25) is 9.59 Å². The van der Waals surface area contributed by atoms with Crippen molar-refractivity contribution in [2.24, 2.45) is 29.6 Å². The zero-order chi connectivity index (χ0) is 12.2. The topological polar surface area (TPSA) is 43.4 Å². The van der Waals surface area contributed by atoms with Crippen LogP contribution in [0.3, 0.4) is 0 Å². The average molecular weight is 236 g/mol. The second kappa shape index (κ2) is 3.82. The smallest absolute Gasteiger partial charge is 0.308 e. The van der Waals surface area contributed by atoms with Gasteiger partial charge in [-0.05, 0) is 31.1 Å². The largest absolute Gasteiger partial charge is 0.462 e. The van der Waals surface area contributed by atoms with E-state index in [9.17, 15) is 9.59 Å². The van der Waals surface area contributed by atoms with Gasteiger partial charge in [0.25, 0.3) is 0 Å². The molecule has 6 unspecified atom stereocenters. The highest BCUT2D eigenvalue weighted by Gasteiger charge is 2.60. The van der Waals surface area contributed by atoms with Gasteiger partial charge in [-0.1, -0.05) is 13.8 Å². The van der Waals surface area contributed by atoms with E-state index in [0.29, 0.717) is 35.9 Å². The van der Waals surface area contributed by atoms with Gasteiger partial charge in [-0.25, -0.2) is 0 Å². The molecule has 17 heavy (non-hydrogen) atoms. The monoisotopic (exact) mass is 236 g/mol. The number of esters is 1. The molecule has 0 aliphatic heterocycles. The fourth-order valence-corrected chi connectivity index (χ4v) is 4.07. The lowest BCUT2D eigenvalue weighted by Crippen LogP contribution is -2.33. The van der Waals surface area contributed by atoms with Gasteiger partial charge in [0.05, 0.1) is 5.92 Å². The predicted octanol–water partition coefficient (Wildman–Crippen LogP) is 2.19. The SMILES string of the molecule is CCC(C)C(=O)OC1C2CC3C(=O)CC1C3C2. The third-order valence-corrected chi connectivity index (χ3v) is 5.20. The molecule has 3 fully saturated rings. The second-order valence-corrected chi connectivity index (χ2v) is 6.05. The number of carbonyl (C=O) groups excluding carboxylic acids is 2. The minimum absolute atomic E-state index is 0.0120. The van der Waals surface area contributed by atoms with Crippen LogP contribution < -0.4 is 0 Å². The van der Waals surface area contributed by atoms with E-state index in [-0.39, 0.29) is 18.0 Å². The van der Waals surface area contributed by atoms with Gasteiger partial charge in [0.1, 0.15) is 11.9 Å². The van der Waals surface area contributed by atoms with Crippen molar-refractivity contribution in [3.05, 3.63) is 0 Å². The number of hydrogen-bond donors (Lipinski definition) is 0. The highest BCUT2D eigenvalue weighted by Crippen LogP contribution is 2.59. The fourth-order valence-electron chi connectivity index (χ4n) is 4.07. The van der Waals surface area contributed by atoms with E-state index in [1.165, 1.54) is 0 Å². The van der Waals surface area contributed by atoms with E-state index < -0.39 is 0 Å². The predicted molar refractivity (Wildman–Crippen MR) is 62.2 cm³/mol. The molecule has 0 heterocycles. The van der Waals surface area contributed by atoms with Crippen LogP contribution in [-0.2, 0) is 14.3 Å². The number of hydrogen-bond acceptors (Lipinski definition) is 3. The second-order valence-electron chi connectivity index (χ2n) is 6.05. The lowest BCUT2D eigenvalue weighted by atomic mass is 9.86. The average Bonchev–Trinajstić information content (AvgIpc) is 2.92. The van der Waals surface area contributed by atoms with Crippen molar-refractivity contribution in [1.82, 2.24) is 0 Å². The molecule has 0 aromatic carbocycles. The van der Waals surface area contributed by atoms with E-state index in [1.807, 2.05) is 13.8 Å². The van der Waals surface area contributed by atoms with Crippen molar-refractivity contribution in [3.8, 4) is 0 Å². The summed E-state index contributed by atoms with van der Waals surface area (Å²) in [5.41, 5.74) is 0. The Kier molecular flexibility index (Phi) is 2.53. The Balaban J connectivity index is 1.70. The molecular weight excluding hydrogens is 216 g/mol. The first-order valence-electron chi connectivity index (χ1n) is 6.85. The van der Waals surface area contributed by atoms with E-state index >= 15 is 0 Å². The zero-order valence-electron chi connectivity index (χ0n) is 10.5. The molecule has 3 aliphatic carbocycles. The maximum absolute atomic E-state index is 11.9. The van der Waals surface area contributed by atoms with Gasteiger partial charge in [0, 0.05) is 18.3 Å². The molecule has 0 radical (unpaired) electrons. The Hall–Kier alpha value is -0.860. The summed E-state index contributed by atoms with van der Waals surface area (Å²) in [5, 5.41) is 0. The third-order valence-electron chi connectivity index (χ3n) is 5.20. The Bertz CT molecular complexity index is 362. The number of Topliss-reactive ketones (excluding diaryl/α,β-unsaturated/α-hetero) is 1. The first-order chi connectivity index (χ1) is 8.11. The van der Waals surface area contributed by atoms with Crippen LogP contribution in [0.15, 0.2) is 0 Å². The summed E-state index contributed by atoms with van der Waals surface area (Å²) in [7, 11) is 0. The highest BCUT2D eigenvalue weighted by molar-refractivity contribution is 5.85. The van der Waals surface area contributed by atoms with Crippen LogP contribution in [-0.4, -0.2) is 17.9 Å². The molecule has 0 aromatic heterocycles. The van der Waals surface area contributed by atoms with Gasteiger partial charge in [-0.2, -0.15) is 0 Å². The van der Waals surface area contributed by atoms with Crippen molar-refractivity contribution in [1.29, 1.82) is 0 Å². The number of fused-ring (bicyclic) bond motifs is 1. The lowest BCUT2D eigenvalue weighted by molar-refractivity contribution is -0.158. The molecule has 94 valence electrons. The zero-order valence-corrected chi connectivity index (χ0v) is 10.5. The molecule has 3 rings (SSSR count). The van der Waals surface area contributed by atoms with Crippen molar-refractivity contribution in [3.63, 3.8) is 0 Å². The van der Waals surface area contributed by atoms with Crippen LogP contribution in [0, 0.1) is 29.6 Å². The minimum atomic E-state index is -0.0686. The Morgan fingerprint density at radius 2 is 2.18 bits per heavy atom. The Labute approximate surface area is 102 Å².